The monoisotopic (exact) mass is 553 g/mol. The van der Waals surface area contributed by atoms with E-state index in [2.05, 4.69) is 15.6 Å². The van der Waals surface area contributed by atoms with Crippen molar-refractivity contribution in [2.45, 2.75) is 32.5 Å². The number of halogens is 1. The van der Waals surface area contributed by atoms with Gasteiger partial charge in [-0.2, -0.15) is 0 Å². The highest BCUT2D eigenvalue weighted by molar-refractivity contribution is 5.96. The summed E-state index contributed by atoms with van der Waals surface area (Å²) in [7, 11) is 1.58. The standard InChI is InChI=1S/C33H32FN3O4/c1-20(2)18-37-32(38)24-7-10-28(40-19-21-12-14-36-15-13-21)26(17-24)23-6-11-29-27(16-23)30(33(39)35-3)31(41-29)22-4-8-25(34)9-5-22/h4-17,20,30-31H,18-19H2,1-3H3,(H,35,39)(H,37,38). The number of aromatic nitrogens is 1. The van der Waals surface area contributed by atoms with Crippen LogP contribution in [0.4, 0.5) is 4.39 Å². The normalized spacial score (nSPS) is 15.6. The van der Waals surface area contributed by atoms with E-state index in [4.69, 9.17) is 9.47 Å². The third-order valence-corrected chi connectivity index (χ3v) is 7.00. The molecular formula is C33H32FN3O4. The van der Waals surface area contributed by atoms with Crippen LogP contribution in [0.5, 0.6) is 11.5 Å². The van der Waals surface area contributed by atoms with Crippen LogP contribution in [0.15, 0.2) is 85.2 Å². The first-order valence-electron chi connectivity index (χ1n) is 13.6. The van der Waals surface area contributed by atoms with Crippen LogP contribution in [0.25, 0.3) is 11.1 Å². The maximum atomic E-state index is 13.6. The lowest BCUT2D eigenvalue weighted by atomic mass is 9.88. The first-order valence-corrected chi connectivity index (χ1v) is 13.6. The molecule has 4 aromatic rings. The molecule has 0 spiro atoms. The molecule has 0 saturated heterocycles. The zero-order valence-corrected chi connectivity index (χ0v) is 23.2. The Morgan fingerprint density at radius 1 is 1.00 bits per heavy atom. The van der Waals surface area contributed by atoms with Crippen LogP contribution in [0, 0.1) is 11.7 Å². The van der Waals surface area contributed by atoms with Crippen LogP contribution >= 0.6 is 0 Å². The van der Waals surface area contributed by atoms with Gasteiger partial charge in [0.15, 0.2) is 0 Å². The summed E-state index contributed by atoms with van der Waals surface area (Å²) in [4.78, 5) is 30.1. The molecule has 210 valence electrons. The van der Waals surface area contributed by atoms with E-state index in [-0.39, 0.29) is 17.6 Å². The van der Waals surface area contributed by atoms with E-state index in [0.717, 1.165) is 11.1 Å². The third-order valence-electron chi connectivity index (χ3n) is 7.00. The fourth-order valence-corrected chi connectivity index (χ4v) is 4.84. The molecule has 3 aromatic carbocycles. The zero-order valence-electron chi connectivity index (χ0n) is 23.2. The number of carbonyl (C=O) groups excluding carboxylic acids is 2. The van der Waals surface area contributed by atoms with Gasteiger partial charge in [0, 0.05) is 42.7 Å². The van der Waals surface area contributed by atoms with Gasteiger partial charge in [0.2, 0.25) is 5.91 Å². The second kappa shape index (κ2) is 12.2. The van der Waals surface area contributed by atoms with Crippen molar-refractivity contribution in [2.75, 3.05) is 13.6 Å². The summed E-state index contributed by atoms with van der Waals surface area (Å²) in [5.74, 6) is 0.0675. The van der Waals surface area contributed by atoms with Crippen molar-refractivity contribution >= 4 is 11.8 Å². The quantitative estimate of drug-likeness (QED) is 0.273. The molecule has 8 heteroatoms. The molecule has 7 nitrogen and oxygen atoms in total. The van der Waals surface area contributed by atoms with E-state index in [9.17, 15) is 14.0 Å². The van der Waals surface area contributed by atoms with Crippen LogP contribution in [-0.2, 0) is 11.4 Å². The summed E-state index contributed by atoms with van der Waals surface area (Å²) in [6, 6.07) is 20.7. The fourth-order valence-electron chi connectivity index (χ4n) is 4.84. The van der Waals surface area contributed by atoms with Crippen molar-refractivity contribution in [3.8, 4) is 22.6 Å². The lowest BCUT2D eigenvalue weighted by Crippen LogP contribution is -2.28. The van der Waals surface area contributed by atoms with Gasteiger partial charge in [0.25, 0.3) is 5.91 Å². The van der Waals surface area contributed by atoms with Crippen LogP contribution in [0.2, 0.25) is 0 Å². The van der Waals surface area contributed by atoms with Crippen molar-refractivity contribution < 1.29 is 23.5 Å². The summed E-state index contributed by atoms with van der Waals surface area (Å²) in [5, 5.41) is 5.71. The van der Waals surface area contributed by atoms with Crippen LogP contribution < -0.4 is 20.1 Å². The SMILES string of the molecule is CNC(=O)C1c2cc(-c3cc(C(=O)NCC(C)C)ccc3OCc3ccncc3)ccc2OC1c1ccc(F)cc1. The zero-order chi connectivity index (χ0) is 28.9. The lowest BCUT2D eigenvalue weighted by Gasteiger charge is -2.18. The average molecular weight is 554 g/mol. The Hall–Kier alpha value is -4.72. The maximum Gasteiger partial charge on any atom is 0.251 e. The Morgan fingerprint density at radius 3 is 2.46 bits per heavy atom. The summed E-state index contributed by atoms with van der Waals surface area (Å²) < 4.78 is 26.1. The highest BCUT2D eigenvalue weighted by atomic mass is 19.1. The number of amides is 2. The van der Waals surface area contributed by atoms with Crippen molar-refractivity contribution in [1.82, 2.24) is 15.6 Å². The van der Waals surface area contributed by atoms with Gasteiger partial charge in [-0.05, 0) is 77.2 Å². The molecule has 0 saturated carbocycles. The number of carbonyl (C=O) groups is 2. The summed E-state index contributed by atoms with van der Waals surface area (Å²) in [5.41, 5.74) is 4.33. The number of ether oxygens (including phenoxy) is 2. The number of pyridine rings is 1. The van der Waals surface area contributed by atoms with Crippen molar-refractivity contribution in [3.05, 3.63) is 113 Å². The smallest absolute Gasteiger partial charge is 0.251 e. The predicted octanol–water partition coefficient (Wildman–Crippen LogP) is 5.82. The lowest BCUT2D eigenvalue weighted by molar-refractivity contribution is -0.123. The first-order chi connectivity index (χ1) is 19.8. The van der Waals surface area contributed by atoms with E-state index in [1.807, 2.05) is 44.2 Å². The highest BCUT2D eigenvalue weighted by Crippen LogP contribution is 2.48. The van der Waals surface area contributed by atoms with E-state index in [1.165, 1.54) is 12.1 Å². The molecule has 0 radical (unpaired) electrons. The summed E-state index contributed by atoms with van der Waals surface area (Å²) in [6.45, 7) is 4.95. The van der Waals surface area contributed by atoms with Gasteiger partial charge < -0.3 is 20.1 Å². The molecule has 2 atom stereocenters. The Bertz CT molecular complexity index is 1540. The van der Waals surface area contributed by atoms with Gasteiger partial charge in [-0.25, -0.2) is 4.39 Å². The molecule has 1 aromatic heterocycles. The number of hydrogen-bond donors (Lipinski definition) is 2. The molecule has 5 rings (SSSR count). The Kier molecular flexibility index (Phi) is 8.29. The third kappa shape index (κ3) is 6.22. The van der Waals surface area contributed by atoms with Crippen molar-refractivity contribution in [2.24, 2.45) is 5.92 Å². The molecule has 2 unspecified atom stereocenters. The fraction of sp³-hybridized carbons (Fsp3) is 0.242. The van der Waals surface area contributed by atoms with Crippen LogP contribution in [0.3, 0.4) is 0 Å². The Balaban J connectivity index is 1.54. The first kappa shape index (κ1) is 27.8. The maximum absolute atomic E-state index is 13.6. The largest absolute Gasteiger partial charge is 0.488 e. The van der Waals surface area contributed by atoms with Crippen molar-refractivity contribution in [1.29, 1.82) is 0 Å². The number of nitrogens with zero attached hydrogens (tertiary/aromatic N) is 1. The minimum absolute atomic E-state index is 0.176. The molecule has 2 heterocycles. The molecule has 41 heavy (non-hydrogen) atoms. The second-order valence-electron chi connectivity index (χ2n) is 10.4. The van der Waals surface area contributed by atoms with Gasteiger partial charge in [-0.15, -0.1) is 0 Å². The predicted molar refractivity (Wildman–Crippen MR) is 154 cm³/mol. The van der Waals surface area contributed by atoms with Crippen molar-refractivity contribution in [3.63, 3.8) is 0 Å². The topological polar surface area (TPSA) is 89.6 Å². The number of fused-ring (bicyclic) bond motifs is 1. The van der Waals surface area contributed by atoms with Crippen LogP contribution in [0.1, 0.15) is 52.9 Å². The molecular weight excluding hydrogens is 521 g/mol. The molecule has 0 bridgehead atoms. The van der Waals surface area contributed by atoms with Gasteiger partial charge >= 0.3 is 0 Å². The van der Waals surface area contributed by atoms with Gasteiger partial charge in [0.1, 0.15) is 35.9 Å². The van der Waals surface area contributed by atoms with Gasteiger partial charge in [-0.3, -0.25) is 14.6 Å². The molecule has 1 aliphatic rings. The number of rotatable bonds is 9. The molecule has 2 N–H and O–H groups in total. The molecule has 1 aliphatic heterocycles. The minimum Gasteiger partial charge on any atom is -0.488 e. The van der Waals surface area contributed by atoms with E-state index in [0.29, 0.717) is 52.8 Å². The Labute approximate surface area is 238 Å². The van der Waals surface area contributed by atoms with Crippen LogP contribution in [-0.4, -0.2) is 30.4 Å². The van der Waals surface area contributed by atoms with E-state index < -0.39 is 12.0 Å². The van der Waals surface area contributed by atoms with Gasteiger partial charge in [-0.1, -0.05) is 32.0 Å². The summed E-state index contributed by atoms with van der Waals surface area (Å²) >= 11 is 0. The number of nitrogens with one attached hydrogen (secondary N) is 2. The molecule has 0 aliphatic carbocycles. The minimum atomic E-state index is -0.654. The molecule has 0 fully saturated rings. The van der Waals surface area contributed by atoms with E-state index in [1.54, 1.807) is 49.8 Å². The number of likely N-dealkylation sites (N-methyl/N-ethyl adjacent to an activating group) is 1. The highest BCUT2D eigenvalue weighted by Gasteiger charge is 2.40. The van der Waals surface area contributed by atoms with Gasteiger partial charge in [0.05, 0.1) is 0 Å². The molecule has 2 amide bonds. The van der Waals surface area contributed by atoms with E-state index >= 15 is 0 Å². The summed E-state index contributed by atoms with van der Waals surface area (Å²) in [6.07, 6.45) is 2.80. The number of benzene rings is 3. The number of hydrogen-bond acceptors (Lipinski definition) is 5. The second-order valence-corrected chi connectivity index (χ2v) is 10.4. The Morgan fingerprint density at radius 2 is 1.76 bits per heavy atom. The average Bonchev–Trinajstić information content (AvgIpc) is 3.38.